The van der Waals surface area contributed by atoms with E-state index in [1.807, 2.05) is 36.4 Å². The van der Waals surface area contributed by atoms with Gasteiger partial charge in [0, 0.05) is 18.2 Å². The van der Waals surface area contributed by atoms with Gasteiger partial charge in [-0.25, -0.2) is 4.98 Å². The molecule has 0 saturated heterocycles. The molecule has 0 aliphatic rings. The molecular formula is C19H17N3O2. The second kappa shape index (κ2) is 6.17. The lowest BCUT2D eigenvalue weighted by atomic mass is 9.94. The van der Waals surface area contributed by atoms with E-state index in [-0.39, 0.29) is 5.91 Å². The zero-order chi connectivity index (χ0) is 17.2. The van der Waals surface area contributed by atoms with Crippen LogP contribution in [0.3, 0.4) is 0 Å². The molecule has 0 bridgehead atoms. The van der Waals surface area contributed by atoms with Crippen LogP contribution >= 0.6 is 0 Å². The van der Waals surface area contributed by atoms with E-state index in [0.717, 1.165) is 11.1 Å². The van der Waals surface area contributed by atoms with Crippen molar-refractivity contribution in [3.8, 4) is 6.07 Å². The van der Waals surface area contributed by atoms with Crippen LogP contribution in [0.4, 0.5) is 5.69 Å². The lowest BCUT2D eigenvalue weighted by Crippen LogP contribution is -2.29. The Kier molecular flexibility index (Phi) is 4.05. The van der Waals surface area contributed by atoms with Gasteiger partial charge < -0.3 is 9.73 Å². The van der Waals surface area contributed by atoms with Gasteiger partial charge in [-0.05, 0) is 31.5 Å². The molecule has 5 nitrogen and oxygen atoms in total. The quantitative estimate of drug-likeness (QED) is 0.791. The molecule has 5 heteroatoms. The Morgan fingerprint density at radius 2 is 2.00 bits per heavy atom. The summed E-state index contributed by atoms with van der Waals surface area (Å²) >= 11 is 0. The fraction of sp³-hybridized carbons (Fsp3) is 0.211. The number of nitrogens with one attached hydrogen (secondary N) is 1. The number of amides is 1. The van der Waals surface area contributed by atoms with Gasteiger partial charge >= 0.3 is 0 Å². The number of aromatic nitrogens is 1. The van der Waals surface area contributed by atoms with Crippen LogP contribution in [0.2, 0.25) is 0 Å². The summed E-state index contributed by atoms with van der Waals surface area (Å²) in [5, 5.41) is 11.8. The van der Waals surface area contributed by atoms with E-state index in [1.54, 1.807) is 32.0 Å². The van der Waals surface area contributed by atoms with Gasteiger partial charge in [-0.15, -0.1) is 0 Å². The third-order valence-corrected chi connectivity index (χ3v) is 3.74. The van der Waals surface area contributed by atoms with E-state index in [4.69, 9.17) is 9.68 Å². The van der Waals surface area contributed by atoms with Gasteiger partial charge in [0.05, 0.1) is 6.07 Å². The van der Waals surface area contributed by atoms with Gasteiger partial charge in [0.1, 0.15) is 10.9 Å². The predicted octanol–water partition coefficient (Wildman–Crippen LogP) is 3.91. The maximum atomic E-state index is 12.1. The minimum Gasteiger partial charge on any atom is -0.440 e. The van der Waals surface area contributed by atoms with E-state index < -0.39 is 5.41 Å². The summed E-state index contributed by atoms with van der Waals surface area (Å²) in [4.78, 5) is 16.5. The second-order valence-electron chi connectivity index (χ2n) is 6.14. The lowest BCUT2D eigenvalue weighted by Gasteiger charge is -2.14. The van der Waals surface area contributed by atoms with Gasteiger partial charge in [-0.3, -0.25) is 4.79 Å². The smallest absolute Gasteiger partial charge is 0.244 e. The van der Waals surface area contributed by atoms with E-state index in [9.17, 15) is 4.79 Å². The van der Waals surface area contributed by atoms with Crippen molar-refractivity contribution in [2.45, 2.75) is 20.3 Å². The van der Waals surface area contributed by atoms with Crippen molar-refractivity contribution >= 4 is 22.7 Å². The zero-order valence-electron chi connectivity index (χ0n) is 13.5. The average molecular weight is 319 g/mol. The number of nitrogens with zero attached hydrogens (tertiary/aromatic N) is 2. The second-order valence-corrected chi connectivity index (χ2v) is 6.14. The van der Waals surface area contributed by atoms with Crippen molar-refractivity contribution in [3.63, 3.8) is 0 Å². The van der Waals surface area contributed by atoms with E-state index in [0.29, 0.717) is 23.6 Å². The molecule has 0 saturated carbocycles. The summed E-state index contributed by atoms with van der Waals surface area (Å²) in [6.45, 7) is 3.15. The van der Waals surface area contributed by atoms with Crippen LogP contribution in [0.1, 0.15) is 25.3 Å². The maximum Gasteiger partial charge on any atom is 0.244 e. The Balaban J connectivity index is 1.82. The molecular weight excluding hydrogens is 302 g/mol. The number of benzene rings is 2. The van der Waals surface area contributed by atoms with Crippen molar-refractivity contribution in [2.24, 2.45) is 5.41 Å². The number of fused-ring (bicyclic) bond motifs is 1. The number of carbonyl (C=O) groups excluding carboxylic acids is 1. The fourth-order valence-electron chi connectivity index (χ4n) is 2.23. The van der Waals surface area contributed by atoms with Crippen molar-refractivity contribution in [2.75, 3.05) is 5.32 Å². The summed E-state index contributed by atoms with van der Waals surface area (Å²) < 4.78 is 5.78. The Morgan fingerprint density at radius 3 is 2.71 bits per heavy atom. The molecule has 0 aliphatic heterocycles. The Hall–Kier alpha value is -3.13. The first-order chi connectivity index (χ1) is 11.5. The molecule has 120 valence electrons. The normalized spacial score (nSPS) is 11.2. The van der Waals surface area contributed by atoms with Gasteiger partial charge in [0.25, 0.3) is 0 Å². The number of hydrogen-bond acceptors (Lipinski definition) is 4. The predicted molar refractivity (Wildman–Crippen MR) is 91.3 cm³/mol. The summed E-state index contributed by atoms with van der Waals surface area (Å²) in [6.07, 6.45) is 0.610. The SMILES string of the molecule is CC(C)(C#N)C(=O)Nc1ccc2nc(Cc3ccccc3)oc2c1. The molecule has 24 heavy (non-hydrogen) atoms. The standard InChI is InChI=1S/C19H17N3O2/c1-19(2,12-20)18(23)21-14-8-9-15-16(11-14)24-17(22-15)10-13-6-4-3-5-7-13/h3-9,11H,10H2,1-2H3,(H,21,23). The van der Waals surface area contributed by atoms with Crippen LogP contribution < -0.4 is 5.32 Å². The van der Waals surface area contributed by atoms with Gasteiger partial charge in [0.2, 0.25) is 5.91 Å². The van der Waals surface area contributed by atoms with Crippen LogP contribution in [0, 0.1) is 16.7 Å². The fourth-order valence-corrected chi connectivity index (χ4v) is 2.23. The minimum absolute atomic E-state index is 0.353. The summed E-state index contributed by atoms with van der Waals surface area (Å²) in [5.41, 5.74) is 1.95. The number of rotatable bonds is 4. The first-order valence-corrected chi connectivity index (χ1v) is 7.64. The molecule has 3 rings (SSSR count). The van der Waals surface area contributed by atoms with Gasteiger partial charge in [0.15, 0.2) is 11.5 Å². The van der Waals surface area contributed by atoms with Crippen LogP contribution in [0.5, 0.6) is 0 Å². The molecule has 0 atom stereocenters. The lowest BCUT2D eigenvalue weighted by molar-refractivity contribution is -0.121. The number of hydrogen-bond donors (Lipinski definition) is 1. The van der Waals surface area contributed by atoms with Crippen molar-refractivity contribution in [1.29, 1.82) is 5.26 Å². The van der Waals surface area contributed by atoms with Crippen LogP contribution in [0.25, 0.3) is 11.1 Å². The van der Waals surface area contributed by atoms with Crippen LogP contribution in [0.15, 0.2) is 52.9 Å². The topological polar surface area (TPSA) is 78.9 Å². The third-order valence-electron chi connectivity index (χ3n) is 3.74. The molecule has 1 N–H and O–H groups in total. The first-order valence-electron chi connectivity index (χ1n) is 7.64. The first kappa shape index (κ1) is 15.8. The summed E-state index contributed by atoms with van der Waals surface area (Å²) in [7, 11) is 0. The molecule has 0 fully saturated rings. The highest BCUT2D eigenvalue weighted by atomic mass is 16.3. The number of nitriles is 1. The van der Waals surface area contributed by atoms with E-state index >= 15 is 0 Å². The number of oxazole rings is 1. The van der Waals surface area contributed by atoms with Crippen LogP contribution in [-0.4, -0.2) is 10.9 Å². The van der Waals surface area contributed by atoms with E-state index in [1.165, 1.54) is 0 Å². The molecule has 0 unspecified atom stereocenters. The van der Waals surface area contributed by atoms with E-state index in [2.05, 4.69) is 10.3 Å². The molecule has 1 aromatic heterocycles. The van der Waals surface area contributed by atoms with Gasteiger partial charge in [-0.1, -0.05) is 30.3 Å². The Morgan fingerprint density at radius 1 is 1.25 bits per heavy atom. The summed E-state index contributed by atoms with van der Waals surface area (Å²) in [6, 6.07) is 17.2. The van der Waals surface area contributed by atoms with Crippen molar-refractivity contribution in [1.82, 2.24) is 4.98 Å². The van der Waals surface area contributed by atoms with Crippen LogP contribution in [-0.2, 0) is 11.2 Å². The minimum atomic E-state index is -1.09. The molecule has 2 aromatic carbocycles. The Bertz CT molecular complexity index is 921. The maximum absolute atomic E-state index is 12.1. The highest BCUT2D eigenvalue weighted by molar-refractivity contribution is 5.97. The molecule has 0 spiro atoms. The third kappa shape index (κ3) is 3.28. The van der Waals surface area contributed by atoms with Gasteiger partial charge in [-0.2, -0.15) is 5.26 Å². The molecule has 0 radical (unpaired) electrons. The summed E-state index contributed by atoms with van der Waals surface area (Å²) in [5.74, 6) is 0.269. The highest BCUT2D eigenvalue weighted by Crippen LogP contribution is 2.23. The molecule has 0 aliphatic carbocycles. The Labute approximate surface area is 139 Å². The average Bonchev–Trinajstić information content (AvgIpc) is 2.97. The largest absolute Gasteiger partial charge is 0.440 e. The molecule has 3 aromatic rings. The van der Waals surface area contributed by atoms with Crippen molar-refractivity contribution < 1.29 is 9.21 Å². The molecule has 1 heterocycles. The number of anilines is 1. The zero-order valence-corrected chi connectivity index (χ0v) is 13.5. The molecule has 1 amide bonds. The highest BCUT2D eigenvalue weighted by Gasteiger charge is 2.27. The van der Waals surface area contributed by atoms with Crippen molar-refractivity contribution in [3.05, 3.63) is 60.0 Å². The number of carbonyl (C=O) groups is 1. The monoisotopic (exact) mass is 319 g/mol.